The average molecular weight is 409 g/mol. The van der Waals surface area contributed by atoms with Crippen LogP contribution in [-0.4, -0.2) is 9.46 Å². The minimum Gasteiger partial charge on any atom is -0.457 e. The third-order valence-corrected chi connectivity index (χ3v) is 5.26. The van der Waals surface area contributed by atoms with Gasteiger partial charge in [-0.25, -0.2) is 17.4 Å². The van der Waals surface area contributed by atoms with Crippen LogP contribution in [0.5, 0.6) is 11.5 Å². The zero-order chi connectivity index (χ0) is 20.1. The lowest BCUT2D eigenvalue weighted by Gasteiger charge is -2.17. The van der Waals surface area contributed by atoms with Crippen LogP contribution in [0.4, 0.5) is 30.7 Å². The van der Waals surface area contributed by atoms with E-state index >= 15 is 0 Å². The van der Waals surface area contributed by atoms with Crippen LogP contribution in [0.3, 0.4) is 0 Å². The number of nitriles is 1. The summed E-state index contributed by atoms with van der Waals surface area (Å²) >= 11 is 0. The summed E-state index contributed by atoms with van der Waals surface area (Å²) in [5, 5.41) is 3.69. The number of alkyl halides is 6. The molecular weight excluding hydrogens is 403 g/mol. The number of hydrogen-bond acceptors (Lipinski definition) is 3. The maximum Gasteiger partial charge on any atom is 0.391 e. The van der Waals surface area contributed by atoms with Crippen molar-refractivity contribution in [2.24, 2.45) is 0 Å². The highest BCUT2D eigenvalue weighted by Crippen LogP contribution is 2.57. The number of nitrogens with zero attached hydrogens (tertiary/aromatic N) is 1. The third-order valence-electron chi connectivity index (χ3n) is 3.72. The molecule has 0 aromatic heterocycles. The fraction of sp³-hybridized carbons (Fsp3) is 0.188. The van der Waals surface area contributed by atoms with Gasteiger partial charge in [0.15, 0.2) is 0 Å². The van der Waals surface area contributed by atoms with Crippen molar-refractivity contribution < 1.29 is 39.7 Å². The molecule has 1 atom stereocenters. The predicted octanol–water partition coefficient (Wildman–Crippen LogP) is 5.23. The molecule has 1 unspecified atom stereocenters. The maximum atomic E-state index is 13.8. The quantitative estimate of drug-likeness (QED) is 0.652. The summed E-state index contributed by atoms with van der Waals surface area (Å²) < 4.78 is 112. The van der Waals surface area contributed by atoms with Gasteiger partial charge in [0.1, 0.15) is 28.1 Å². The molecule has 0 bridgehead atoms. The van der Waals surface area contributed by atoms with Crippen molar-refractivity contribution in [1.29, 1.82) is 5.26 Å². The fourth-order valence-corrected chi connectivity index (χ4v) is 3.92. The zero-order valence-corrected chi connectivity index (χ0v) is 13.6. The van der Waals surface area contributed by atoms with Gasteiger partial charge in [-0.05, 0) is 24.3 Å². The Morgan fingerprint density at radius 3 is 2.37 bits per heavy atom. The van der Waals surface area contributed by atoms with Crippen LogP contribution >= 0.6 is 0 Å². The first-order chi connectivity index (χ1) is 12.5. The van der Waals surface area contributed by atoms with Gasteiger partial charge < -0.3 is 4.74 Å². The van der Waals surface area contributed by atoms with E-state index < -0.39 is 61.7 Å². The van der Waals surface area contributed by atoms with E-state index in [2.05, 4.69) is 0 Å². The van der Waals surface area contributed by atoms with Crippen molar-refractivity contribution in [3.63, 3.8) is 0 Å². The molecule has 142 valence electrons. The highest BCUT2D eigenvalue weighted by atomic mass is 32.2. The molecule has 0 saturated carbocycles. The Hall–Kier alpha value is -2.61. The summed E-state index contributed by atoms with van der Waals surface area (Å²) in [5.41, 5.74) is -3.14. The lowest BCUT2D eigenvalue weighted by molar-refractivity contribution is -0.156. The minimum absolute atomic E-state index is 0.230. The molecule has 0 saturated heterocycles. The molecule has 3 nitrogen and oxygen atoms in total. The van der Waals surface area contributed by atoms with Crippen LogP contribution in [0.25, 0.3) is 0 Å². The van der Waals surface area contributed by atoms with E-state index in [0.29, 0.717) is 18.2 Å². The Bertz CT molecular complexity index is 1000. The number of rotatable bonds is 3. The van der Waals surface area contributed by atoms with E-state index in [1.807, 2.05) is 0 Å². The second-order valence-electron chi connectivity index (χ2n) is 5.40. The standard InChI is InChI=1S/C16H6F7NO2S/c17-8-3-7(6-24)4-9(5-8)26-11-2-1-10-13(12(11)14(18)19)27(25)16(22,23)15(10,20)21/h1-5,14H. The van der Waals surface area contributed by atoms with Crippen LogP contribution in [0, 0.1) is 17.1 Å². The molecule has 1 heterocycles. The predicted molar refractivity (Wildman–Crippen MR) is 77.8 cm³/mol. The number of benzene rings is 2. The molecule has 3 rings (SSSR count). The van der Waals surface area contributed by atoms with E-state index in [0.717, 1.165) is 12.1 Å². The molecule has 0 N–H and O–H groups in total. The summed E-state index contributed by atoms with van der Waals surface area (Å²) in [6.07, 6.45) is -3.59. The zero-order valence-electron chi connectivity index (χ0n) is 12.8. The Kier molecular flexibility index (Phi) is 4.42. The Morgan fingerprint density at radius 1 is 1.11 bits per heavy atom. The van der Waals surface area contributed by atoms with Gasteiger partial charge in [-0.2, -0.15) is 22.8 Å². The largest absolute Gasteiger partial charge is 0.457 e. The number of fused-ring (bicyclic) bond motifs is 1. The summed E-state index contributed by atoms with van der Waals surface area (Å²) in [6, 6.07) is 5.06. The molecule has 0 aliphatic carbocycles. The molecule has 0 amide bonds. The van der Waals surface area contributed by atoms with Gasteiger partial charge in [-0.1, -0.05) is 0 Å². The van der Waals surface area contributed by atoms with E-state index in [1.54, 1.807) is 6.07 Å². The van der Waals surface area contributed by atoms with Crippen molar-refractivity contribution in [3.8, 4) is 17.6 Å². The lowest BCUT2D eigenvalue weighted by atomic mass is 10.0. The topological polar surface area (TPSA) is 50.1 Å². The molecule has 2 aromatic carbocycles. The summed E-state index contributed by atoms with van der Waals surface area (Å²) in [4.78, 5) is -1.42. The highest BCUT2D eigenvalue weighted by molar-refractivity contribution is 7.86. The molecule has 0 spiro atoms. The first kappa shape index (κ1) is 19.2. The van der Waals surface area contributed by atoms with Gasteiger partial charge in [0, 0.05) is 11.6 Å². The van der Waals surface area contributed by atoms with Crippen LogP contribution in [0.2, 0.25) is 0 Å². The molecule has 1 aliphatic rings. The van der Waals surface area contributed by atoms with E-state index in [-0.39, 0.29) is 5.56 Å². The second kappa shape index (κ2) is 6.23. The smallest absolute Gasteiger partial charge is 0.391 e. The summed E-state index contributed by atoms with van der Waals surface area (Å²) in [6.45, 7) is 0. The molecule has 0 fully saturated rings. The minimum atomic E-state index is -5.08. The van der Waals surface area contributed by atoms with Gasteiger partial charge >= 0.3 is 11.2 Å². The van der Waals surface area contributed by atoms with Gasteiger partial charge in [0.05, 0.1) is 22.1 Å². The molecule has 11 heteroatoms. The van der Waals surface area contributed by atoms with E-state index in [1.165, 1.54) is 0 Å². The van der Waals surface area contributed by atoms with Crippen molar-refractivity contribution in [2.45, 2.75) is 22.5 Å². The number of hydrogen-bond donors (Lipinski definition) is 0. The maximum absolute atomic E-state index is 13.8. The summed E-state index contributed by atoms with van der Waals surface area (Å²) in [5.74, 6) is -7.18. The highest BCUT2D eigenvalue weighted by Gasteiger charge is 2.69. The van der Waals surface area contributed by atoms with Gasteiger partial charge in [-0.15, -0.1) is 0 Å². The first-order valence-corrected chi connectivity index (χ1v) is 8.17. The van der Waals surface area contributed by atoms with Crippen molar-refractivity contribution in [2.75, 3.05) is 0 Å². The number of ether oxygens (including phenoxy) is 1. The van der Waals surface area contributed by atoms with Crippen molar-refractivity contribution >= 4 is 10.8 Å². The molecule has 27 heavy (non-hydrogen) atoms. The fourth-order valence-electron chi connectivity index (χ4n) is 2.54. The normalized spacial score (nSPS) is 19.6. The monoisotopic (exact) mass is 409 g/mol. The SMILES string of the molecule is N#Cc1cc(F)cc(Oc2ccc3c(c2C(F)F)S(=O)C(F)(F)C3(F)F)c1. The Labute approximate surface area is 149 Å². The third kappa shape index (κ3) is 2.84. The van der Waals surface area contributed by atoms with Crippen LogP contribution < -0.4 is 4.74 Å². The first-order valence-electron chi connectivity index (χ1n) is 7.02. The van der Waals surface area contributed by atoms with E-state index in [9.17, 15) is 34.9 Å². The molecule has 1 aliphatic heterocycles. The van der Waals surface area contributed by atoms with Gasteiger partial charge in [-0.3, -0.25) is 0 Å². The molecular formula is C16H6F7NO2S. The Morgan fingerprint density at radius 2 is 1.78 bits per heavy atom. The van der Waals surface area contributed by atoms with E-state index in [4.69, 9.17) is 10.00 Å². The van der Waals surface area contributed by atoms with Crippen LogP contribution in [0.1, 0.15) is 23.1 Å². The molecule has 2 aromatic rings. The van der Waals surface area contributed by atoms with Crippen molar-refractivity contribution in [3.05, 3.63) is 52.8 Å². The van der Waals surface area contributed by atoms with Gasteiger partial charge in [0.2, 0.25) is 0 Å². The number of halogens is 7. The van der Waals surface area contributed by atoms with Gasteiger partial charge in [0.25, 0.3) is 6.43 Å². The van der Waals surface area contributed by atoms with Crippen LogP contribution in [-0.2, 0) is 16.7 Å². The molecule has 0 radical (unpaired) electrons. The average Bonchev–Trinajstić information content (AvgIpc) is 2.71. The van der Waals surface area contributed by atoms with Crippen LogP contribution in [0.15, 0.2) is 35.2 Å². The Balaban J connectivity index is 2.19. The van der Waals surface area contributed by atoms with Crippen molar-refractivity contribution in [1.82, 2.24) is 0 Å². The summed E-state index contributed by atoms with van der Waals surface area (Å²) in [7, 11) is -3.76. The second-order valence-corrected chi connectivity index (χ2v) is 6.86. The lowest BCUT2D eigenvalue weighted by Crippen LogP contribution is -2.35.